The van der Waals surface area contributed by atoms with E-state index in [-0.39, 0.29) is 6.10 Å². The lowest BCUT2D eigenvalue weighted by Gasteiger charge is -2.19. The molecule has 4 N–H and O–H groups in total. The molecule has 4 rings (SSSR count). The number of nitrogens with two attached hydrogens (primary N) is 1. The maximum absolute atomic E-state index is 13.2. The Hall–Kier alpha value is -3.89. The number of nitrogens with one attached hydrogen (secondary N) is 2. The number of carbonyl (C=O) groups is 3. The summed E-state index contributed by atoms with van der Waals surface area (Å²) in [5, 5.41) is 5.18. The van der Waals surface area contributed by atoms with Gasteiger partial charge >= 0.3 is 6.18 Å². The van der Waals surface area contributed by atoms with Crippen molar-refractivity contribution in [3.8, 4) is 5.75 Å². The van der Waals surface area contributed by atoms with Gasteiger partial charge in [0.15, 0.2) is 0 Å². The van der Waals surface area contributed by atoms with Gasteiger partial charge in [-0.25, -0.2) is 4.99 Å². The third kappa shape index (κ3) is 6.87. The zero-order valence-electron chi connectivity index (χ0n) is 20.1. The van der Waals surface area contributed by atoms with Gasteiger partial charge in [-0.3, -0.25) is 14.4 Å². The van der Waals surface area contributed by atoms with Gasteiger partial charge < -0.3 is 21.1 Å². The minimum atomic E-state index is -4.52. The number of aryl methyl sites for hydroxylation is 1. The molecule has 11 heteroatoms. The molecule has 1 aliphatic carbocycles. The van der Waals surface area contributed by atoms with E-state index in [4.69, 9.17) is 10.5 Å². The monoisotopic (exact) mass is 516 g/mol. The Balaban J connectivity index is 1.69. The number of anilines is 1. The summed E-state index contributed by atoms with van der Waals surface area (Å²) in [6.45, 7) is 1.89. The Morgan fingerprint density at radius 3 is 2.59 bits per heavy atom. The molecule has 8 nitrogen and oxygen atoms in total. The molecule has 1 heterocycles. The van der Waals surface area contributed by atoms with E-state index in [0.717, 1.165) is 18.4 Å². The molecular formula is C26H27F3N4O4. The Morgan fingerprint density at radius 1 is 1.22 bits per heavy atom. The average Bonchev–Trinajstić information content (AvgIpc) is 3.64. The van der Waals surface area contributed by atoms with Gasteiger partial charge in [0.1, 0.15) is 5.75 Å². The predicted octanol–water partition coefficient (Wildman–Crippen LogP) is 3.60. The molecule has 0 aromatic heterocycles. The molecule has 0 saturated heterocycles. The van der Waals surface area contributed by atoms with E-state index >= 15 is 0 Å². The number of nitrogens with zero attached hydrogens (tertiary/aromatic N) is 1. The van der Waals surface area contributed by atoms with Crippen LogP contribution in [-0.4, -0.2) is 41.9 Å². The number of alkyl halides is 3. The molecular weight excluding hydrogens is 489 g/mol. The molecule has 1 saturated carbocycles. The van der Waals surface area contributed by atoms with Crippen LogP contribution in [0.1, 0.15) is 48.8 Å². The van der Waals surface area contributed by atoms with Crippen molar-refractivity contribution in [2.45, 2.75) is 57.5 Å². The minimum absolute atomic E-state index is 0.0460. The van der Waals surface area contributed by atoms with E-state index in [1.54, 1.807) is 24.3 Å². The SMILES string of the molecule is Cc1cccc(C2=NC(NC(=O)C(CCC(F)(F)F)CC(N)=O)C(=O)Nc3c(OC4CC4)cccc32)c1. The zero-order valence-corrected chi connectivity index (χ0v) is 20.1. The maximum atomic E-state index is 13.2. The number of halogens is 3. The summed E-state index contributed by atoms with van der Waals surface area (Å²) in [4.78, 5) is 42.1. The van der Waals surface area contributed by atoms with E-state index in [1.165, 1.54) is 0 Å². The Bertz CT molecular complexity index is 1240. The first-order valence-corrected chi connectivity index (χ1v) is 11.9. The molecule has 1 fully saturated rings. The van der Waals surface area contributed by atoms with Crippen LogP contribution < -0.4 is 21.1 Å². The summed E-state index contributed by atoms with van der Waals surface area (Å²) in [5.41, 5.74) is 8.13. The number of aliphatic imine (C=N–C) groups is 1. The molecule has 2 aliphatic rings. The van der Waals surface area contributed by atoms with Crippen LogP contribution in [-0.2, 0) is 14.4 Å². The molecule has 3 amide bonds. The lowest BCUT2D eigenvalue weighted by atomic mass is 9.97. The van der Waals surface area contributed by atoms with Crippen LogP contribution in [0.5, 0.6) is 5.75 Å². The predicted molar refractivity (Wildman–Crippen MR) is 130 cm³/mol. The fourth-order valence-corrected chi connectivity index (χ4v) is 4.05. The number of amides is 3. The molecule has 0 bridgehead atoms. The second-order valence-electron chi connectivity index (χ2n) is 9.26. The van der Waals surface area contributed by atoms with E-state index in [1.807, 2.05) is 25.1 Å². The highest BCUT2D eigenvalue weighted by Crippen LogP contribution is 2.37. The summed E-state index contributed by atoms with van der Waals surface area (Å²) in [6.07, 6.45) is -6.67. The lowest BCUT2D eigenvalue weighted by molar-refractivity contribution is -0.143. The number of primary amides is 1. The quantitative estimate of drug-likeness (QED) is 0.471. The number of benzodiazepines with no additional fused rings is 1. The third-order valence-corrected chi connectivity index (χ3v) is 6.02. The molecule has 37 heavy (non-hydrogen) atoms. The number of hydrogen-bond donors (Lipinski definition) is 3. The van der Waals surface area contributed by atoms with Crippen molar-refractivity contribution in [2.24, 2.45) is 16.6 Å². The number of benzene rings is 2. The van der Waals surface area contributed by atoms with Crippen molar-refractivity contribution in [2.75, 3.05) is 5.32 Å². The first kappa shape index (κ1) is 26.2. The van der Waals surface area contributed by atoms with Crippen molar-refractivity contribution >= 4 is 29.1 Å². The van der Waals surface area contributed by atoms with E-state index in [9.17, 15) is 27.6 Å². The fraction of sp³-hybridized carbons (Fsp3) is 0.385. The number of fused-ring (bicyclic) bond motifs is 1. The summed E-state index contributed by atoms with van der Waals surface area (Å²) in [5.74, 6) is -3.46. The number of para-hydroxylation sites is 1. The molecule has 2 atom stereocenters. The van der Waals surface area contributed by atoms with Crippen LogP contribution in [0.15, 0.2) is 47.5 Å². The van der Waals surface area contributed by atoms with Crippen molar-refractivity contribution in [1.29, 1.82) is 0 Å². The molecule has 2 aromatic rings. The lowest BCUT2D eigenvalue weighted by Crippen LogP contribution is -2.45. The molecule has 0 spiro atoms. The smallest absolute Gasteiger partial charge is 0.389 e. The first-order chi connectivity index (χ1) is 17.5. The number of ether oxygens (including phenoxy) is 1. The third-order valence-electron chi connectivity index (χ3n) is 6.02. The largest absolute Gasteiger partial charge is 0.488 e. The van der Waals surface area contributed by atoms with Gasteiger partial charge in [-0.15, -0.1) is 0 Å². The topological polar surface area (TPSA) is 123 Å². The van der Waals surface area contributed by atoms with E-state index in [2.05, 4.69) is 15.6 Å². The van der Waals surface area contributed by atoms with Gasteiger partial charge in [-0.1, -0.05) is 35.9 Å². The van der Waals surface area contributed by atoms with Crippen LogP contribution in [0.25, 0.3) is 0 Å². The summed E-state index contributed by atoms with van der Waals surface area (Å²) in [6, 6.07) is 12.7. The maximum Gasteiger partial charge on any atom is 0.389 e. The Kier molecular flexibility index (Phi) is 7.51. The highest BCUT2D eigenvalue weighted by Gasteiger charge is 2.35. The van der Waals surface area contributed by atoms with Crippen LogP contribution in [0, 0.1) is 12.8 Å². The Morgan fingerprint density at radius 2 is 1.95 bits per heavy atom. The molecule has 0 radical (unpaired) electrons. The molecule has 1 aliphatic heterocycles. The summed E-state index contributed by atoms with van der Waals surface area (Å²) in [7, 11) is 0. The normalized spacial score (nSPS) is 18.1. The van der Waals surface area contributed by atoms with Gasteiger partial charge in [0.05, 0.1) is 17.5 Å². The molecule has 2 aromatic carbocycles. The second-order valence-corrected chi connectivity index (χ2v) is 9.26. The van der Waals surface area contributed by atoms with Crippen LogP contribution in [0.3, 0.4) is 0 Å². The summed E-state index contributed by atoms with van der Waals surface area (Å²) >= 11 is 0. The fourth-order valence-electron chi connectivity index (χ4n) is 4.05. The first-order valence-electron chi connectivity index (χ1n) is 11.9. The molecule has 196 valence electrons. The van der Waals surface area contributed by atoms with Crippen molar-refractivity contribution < 1.29 is 32.3 Å². The average molecular weight is 517 g/mol. The van der Waals surface area contributed by atoms with Gasteiger partial charge in [0, 0.05) is 29.9 Å². The molecule has 2 unspecified atom stereocenters. The van der Waals surface area contributed by atoms with Gasteiger partial charge in [-0.2, -0.15) is 13.2 Å². The highest BCUT2D eigenvalue weighted by atomic mass is 19.4. The van der Waals surface area contributed by atoms with E-state index in [0.29, 0.717) is 28.3 Å². The number of rotatable bonds is 9. The Labute approximate surface area is 211 Å². The highest BCUT2D eigenvalue weighted by molar-refractivity contribution is 6.20. The van der Waals surface area contributed by atoms with Crippen LogP contribution in [0.4, 0.5) is 18.9 Å². The zero-order chi connectivity index (χ0) is 26.7. The van der Waals surface area contributed by atoms with Gasteiger partial charge in [0.2, 0.25) is 18.0 Å². The van der Waals surface area contributed by atoms with Gasteiger partial charge in [0.25, 0.3) is 5.91 Å². The summed E-state index contributed by atoms with van der Waals surface area (Å²) < 4.78 is 44.4. The van der Waals surface area contributed by atoms with Crippen molar-refractivity contribution in [3.05, 3.63) is 59.2 Å². The minimum Gasteiger partial charge on any atom is -0.488 e. The van der Waals surface area contributed by atoms with E-state index < -0.39 is 55.2 Å². The van der Waals surface area contributed by atoms with Crippen LogP contribution in [0.2, 0.25) is 0 Å². The van der Waals surface area contributed by atoms with Crippen molar-refractivity contribution in [1.82, 2.24) is 5.32 Å². The van der Waals surface area contributed by atoms with Crippen molar-refractivity contribution in [3.63, 3.8) is 0 Å². The standard InChI is InChI=1S/C26H27F3N4O4/c1-14-4-2-5-15(12-14)21-18-6-3-7-19(37-17-8-9-17)22(18)32-25(36)23(31-21)33-24(35)16(13-20(30)34)10-11-26(27,28)29/h2-7,12,16-17,23H,8-11,13H2,1H3,(H2,30,34)(H,32,36)(H,33,35). The van der Waals surface area contributed by atoms with Gasteiger partial charge in [-0.05, 0) is 38.3 Å². The number of carbonyl (C=O) groups excluding carboxylic acids is 3. The number of hydrogen-bond acceptors (Lipinski definition) is 5. The second kappa shape index (κ2) is 10.6. The van der Waals surface area contributed by atoms with Crippen LogP contribution >= 0.6 is 0 Å².